The lowest BCUT2D eigenvalue weighted by Crippen LogP contribution is -2.17. The van der Waals surface area contributed by atoms with E-state index in [1.165, 1.54) is 24.9 Å². The highest BCUT2D eigenvalue weighted by molar-refractivity contribution is 5.87. The lowest BCUT2D eigenvalue weighted by Gasteiger charge is -2.18. The Morgan fingerprint density at radius 3 is 1.73 bits per heavy atom. The van der Waals surface area contributed by atoms with Gasteiger partial charge in [0.1, 0.15) is 0 Å². The maximum atomic E-state index is 10.2. The molecular weight excluding hydrogens is 380 g/mol. The second-order valence-corrected chi connectivity index (χ2v) is 6.77. The fraction of sp³-hybridized carbons (Fsp3) is 0.208. The Labute approximate surface area is 176 Å². The van der Waals surface area contributed by atoms with E-state index >= 15 is 0 Å². The molecule has 1 saturated heterocycles. The Kier molecular flexibility index (Phi) is 9.21. The first-order chi connectivity index (χ1) is 14.5. The highest BCUT2D eigenvalue weighted by Crippen LogP contribution is 2.29. The van der Waals surface area contributed by atoms with Gasteiger partial charge in [-0.25, -0.2) is 9.59 Å². The summed E-state index contributed by atoms with van der Waals surface area (Å²) in [7, 11) is 2.19. The number of benzene rings is 2. The van der Waals surface area contributed by atoms with Crippen molar-refractivity contribution in [2.75, 3.05) is 13.6 Å². The minimum atomic E-state index is -0.879. The zero-order valence-electron chi connectivity index (χ0n) is 16.9. The van der Waals surface area contributed by atoms with Crippen molar-refractivity contribution in [2.45, 2.75) is 18.9 Å². The average Bonchev–Trinajstić information content (AvgIpc) is 3.22. The van der Waals surface area contributed by atoms with Crippen LogP contribution in [0.2, 0.25) is 0 Å². The molecule has 156 valence electrons. The third-order valence-electron chi connectivity index (χ3n) is 4.63. The molecule has 4 rings (SSSR count). The molecule has 1 atom stereocenters. The second-order valence-electron chi connectivity index (χ2n) is 6.77. The Morgan fingerprint density at radius 2 is 1.40 bits per heavy atom. The molecule has 1 unspecified atom stereocenters. The van der Waals surface area contributed by atoms with Gasteiger partial charge in [0.25, 0.3) is 0 Å². The van der Waals surface area contributed by atoms with Gasteiger partial charge in [-0.2, -0.15) is 0 Å². The molecule has 1 aliphatic rings. The molecule has 2 heterocycles. The Balaban J connectivity index is 0.000000163. The number of carboxylic acids is 2. The van der Waals surface area contributed by atoms with E-state index in [2.05, 4.69) is 23.0 Å². The summed E-state index contributed by atoms with van der Waals surface area (Å²) in [6, 6.07) is 21.4. The molecule has 0 spiro atoms. The summed E-state index contributed by atoms with van der Waals surface area (Å²) < 4.78 is 0. The molecular formula is C24H26N2O4. The van der Waals surface area contributed by atoms with Crippen LogP contribution in [0.15, 0.2) is 85.2 Å². The molecule has 1 fully saturated rings. The zero-order chi connectivity index (χ0) is 21.8. The van der Waals surface area contributed by atoms with Crippen LogP contribution in [0.4, 0.5) is 0 Å². The van der Waals surface area contributed by atoms with Gasteiger partial charge in [-0.1, -0.05) is 42.5 Å². The van der Waals surface area contributed by atoms with Crippen LogP contribution in [-0.2, 0) is 0 Å². The van der Waals surface area contributed by atoms with Crippen LogP contribution < -0.4 is 0 Å². The normalized spacial score (nSPS) is 15.2. The quantitative estimate of drug-likeness (QED) is 0.660. The number of aromatic carboxylic acids is 2. The minimum absolute atomic E-state index is 0.331. The fourth-order valence-electron chi connectivity index (χ4n) is 3.07. The first-order valence-electron chi connectivity index (χ1n) is 9.66. The highest BCUT2D eigenvalue weighted by atomic mass is 16.4. The van der Waals surface area contributed by atoms with E-state index in [0.717, 1.165) is 0 Å². The van der Waals surface area contributed by atoms with Crippen LogP contribution >= 0.6 is 0 Å². The van der Waals surface area contributed by atoms with Gasteiger partial charge in [0, 0.05) is 18.4 Å². The summed E-state index contributed by atoms with van der Waals surface area (Å²) in [5, 5.41) is 16.8. The molecule has 3 aromatic rings. The van der Waals surface area contributed by atoms with Crippen molar-refractivity contribution in [3.8, 4) is 0 Å². The van der Waals surface area contributed by atoms with Gasteiger partial charge in [0.05, 0.1) is 11.1 Å². The Morgan fingerprint density at radius 1 is 0.867 bits per heavy atom. The third kappa shape index (κ3) is 7.48. The van der Waals surface area contributed by atoms with Gasteiger partial charge in [0.2, 0.25) is 0 Å². The number of hydrogen-bond acceptors (Lipinski definition) is 4. The molecule has 0 aliphatic carbocycles. The summed E-state index contributed by atoms with van der Waals surface area (Å²) in [5.74, 6) is -1.76. The SMILES string of the molecule is CN1CCCC1c1cccnc1.O=C(O)c1ccccc1.O=C(O)c1ccccc1. The van der Waals surface area contributed by atoms with E-state index < -0.39 is 11.9 Å². The van der Waals surface area contributed by atoms with E-state index in [1.807, 2.05) is 18.5 Å². The third-order valence-corrected chi connectivity index (χ3v) is 4.63. The van der Waals surface area contributed by atoms with E-state index in [4.69, 9.17) is 10.2 Å². The summed E-state index contributed by atoms with van der Waals surface area (Å²) in [6.45, 7) is 1.22. The molecule has 30 heavy (non-hydrogen) atoms. The molecule has 0 saturated carbocycles. The first kappa shape index (κ1) is 22.8. The smallest absolute Gasteiger partial charge is 0.335 e. The monoisotopic (exact) mass is 406 g/mol. The minimum Gasteiger partial charge on any atom is -0.478 e. The van der Waals surface area contributed by atoms with Crippen molar-refractivity contribution in [2.24, 2.45) is 0 Å². The van der Waals surface area contributed by atoms with Gasteiger partial charge >= 0.3 is 11.9 Å². The molecule has 1 aromatic heterocycles. The van der Waals surface area contributed by atoms with E-state index in [1.54, 1.807) is 60.7 Å². The maximum absolute atomic E-state index is 10.2. The molecule has 0 bridgehead atoms. The Hall–Kier alpha value is -3.51. The molecule has 0 amide bonds. The van der Waals surface area contributed by atoms with Crippen LogP contribution in [0.25, 0.3) is 0 Å². The van der Waals surface area contributed by atoms with Crippen LogP contribution in [0.1, 0.15) is 45.2 Å². The number of carbonyl (C=O) groups is 2. The van der Waals surface area contributed by atoms with Gasteiger partial charge in [-0.15, -0.1) is 0 Å². The zero-order valence-corrected chi connectivity index (χ0v) is 16.9. The first-order valence-corrected chi connectivity index (χ1v) is 9.66. The predicted octanol–water partition coefficient (Wildman–Crippen LogP) is 4.62. The topological polar surface area (TPSA) is 90.7 Å². The van der Waals surface area contributed by atoms with Crippen LogP contribution in [-0.4, -0.2) is 45.6 Å². The molecule has 6 heteroatoms. The number of rotatable bonds is 3. The maximum Gasteiger partial charge on any atom is 0.335 e. The number of carboxylic acid groups (broad SMARTS) is 2. The van der Waals surface area contributed by atoms with E-state index in [0.29, 0.717) is 17.2 Å². The summed E-state index contributed by atoms with van der Waals surface area (Å²) in [5.41, 5.74) is 2.02. The van der Waals surface area contributed by atoms with Gasteiger partial charge < -0.3 is 10.2 Å². The highest BCUT2D eigenvalue weighted by Gasteiger charge is 2.21. The standard InChI is InChI=1S/C10H14N2.2C7H6O2/c1-12-7-3-5-10(12)9-4-2-6-11-8-9;2*8-7(9)6-4-2-1-3-5-6/h2,4,6,8,10H,3,5,7H2,1H3;2*1-5H,(H,8,9). The predicted molar refractivity (Wildman–Crippen MR) is 116 cm³/mol. The van der Waals surface area contributed by atoms with Gasteiger partial charge in [-0.05, 0) is 62.3 Å². The van der Waals surface area contributed by atoms with Crippen molar-refractivity contribution in [3.63, 3.8) is 0 Å². The fourth-order valence-corrected chi connectivity index (χ4v) is 3.07. The lowest BCUT2D eigenvalue weighted by molar-refractivity contribution is 0.0686. The van der Waals surface area contributed by atoms with E-state index in [-0.39, 0.29) is 0 Å². The van der Waals surface area contributed by atoms with Crippen molar-refractivity contribution in [3.05, 3.63) is 102 Å². The number of likely N-dealkylation sites (tertiary alicyclic amines) is 1. The average molecular weight is 406 g/mol. The number of nitrogens with zero attached hydrogens (tertiary/aromatic N) is 2. The van der Waals surface area contributed by atoms with Crippen LogP contribution in [0, 0.1) is 0 Å². The molecule has 2 aromatic carbocycles. The van der Waals surface area contributed by atoms with Gasteiger partial charge in [-0.3, -0.25) is 9.88 Å². The summed E-state index contributed by atoms with van der Waals surface area (Å²) in [6.07, 6.45) is 6.41. The molecule has 0 radical (unpaired) electrons. The molecule has 6 nitrogen and oxygen atoms in total. The summed E-state index contributed by atoms with van der Waals surface area (Å²) in [4.78, 5) is 26.9. The van der Waals surface area contributed by atoms with E-state index in [9.17, 15) is 9.59 Å². The summed E-state index contributed by atoms with van der Waals surface area (Å²) >= 11 is 0. The molecule has 1 aliphatic heterocycles. The molecule has 2 N–H and O–H groups in total. The van der Waals surface area contributed by atoms with Crippen molar-refractivity contribution in [1.82, 2.24) is 9.88 Å². The van der Waals surface area contributed by atoms with Crippen molar-refractivity contribution < 1.29 is 19.8 Å². The second kappa shape index (κ2) is 12.1. The van der Waals surface area contributed by atoms with Crippen molar-refractivity contribution >= 4 is 11.9 Å². The van der Waals surface area contributed by atoms with Gasteiger partial charge in [0.15, 0.2) is 0 Å². The number of pyridine rings is 1. The largest absolute Gasteiger partial charge is 0.478 e. The lowest BCUT2D eigenvalue weighted by atomic mass is 10.1. The Bertz CT molecular complexity index is 853. The van der Waals surface area contributed by atoms with Crippen LogP contribution in [0.5, 0.6) is 0 Å². The van der Waals surface area contributed by atoms with Crippen molar-refractivity contribution in [1.29, 1.82) is 0 Å². The number of aromatic nitrogens is 1. The number of hydrogen-bond donors (Lipinski definition) is 2. The van der Waals surface area contributed by atoms with Crippen LogP contribution in [0.3, 0.4) is 0 Å².